The molecule has 0 unspecified atom stereocenters. The Labute approximate surface area is 83.0 Å². The van der Waals surface area contributed by atoms with Crippen LogP contribution in [0, 0.1) is 0 Å². The fraction of sp³-hybridized carbons (Fsp3) is 0.400. The van der Waals surface area contributed by atoms with E-state index in [1.165, 1.54) is 0 Å². The van der Waals surface area contributed by atoms with Gasteiger partial charge in [0.1, 0.15) is 6.04 Å². The minimum Gasteiger partial charge on any atom is -0.480 e. The van der Waals surface area contributed by atoms with Crippen molar-refractivity contribution in [2.75, 3.05) is 6.54 Å². The van der Waals surface area contributed by atoms with E-state index in [4.69, 9.17) is 5.11 Å². The lowest BCUT2D eigenvalue weighted by Gasteiger charge is -2.08. The predicted molar refractivity (Wildman–Crippen MR) is 53.0 cm³/mol. The minimum absolute atomic E-state index is 0.489. The topological polar surface area (TPSA) is 62.2 Å². The number of pyridine rings is 1. The standard InChI is InChI=1S/C10H14N2O2/c1-8(10(13)14)12-7-4-9-2-5-11-6-3-9/h2-3,5-6,8,12H,4,7H2,1H3,(H,13,14)/t8-/m0/s1. The summed E-state index contributed by atoms with van der Waals surface area (Å²) >= 11 is 0. The summed E-state index contributed by atoms with van der Waals surface area (Å²) in [5.74, 6) is -0.820. The van der Waals surface area contributed by atoms with Crippen molar-refractivity contribution in [2.24, 2.45) is 0 Å². The molecule has 4 nitrogen and oxygen atoms in total. The van der Waals surface area contributed by atoms with Crippen molar-refractivity contribution in [3.63, 3.8) is 0 Å². The first kappa shape index (κ1) is 10.7. The number of carboxylic acids is 1. The summed E-state index contributed by atoms with van der Waals surface area (Å²) in [5, 5.41) is 11.5. The summed E-state index contributed by atoms with van der Waals surface area (Å²) < 4.78 is 0. The number of carboxylic acid groups (broad SMARTS) is 1. The van der Waals surface area contributed by atoms with Crippen LogP contribution in [-0.4, -0.2) is 28.6 Å². The maximum Gasteiger partial charge on any atom is 0.320 e. The molecule has 2 N–H and O–H groups in total. The van der Waals surface area contributed by atoms with Gasteiger partial charge in [0.05, 0.1) is 0 Å². The van der Waals surface area contributed by atoms with Gasteiger partial charge >= 0.3 is 5.97 Å². The molecule has 1 aromatic heterocycles. The van der Waals surface area contributed by atoms with E-state index in [2.05, 4.69) is 10.3 Å². The fourth-order valence-electron chi connectivity index (χ4n) is 1.07. The lowest BCUT2D eigenvalue weighted by Crippen LogP contribution is -2.34. The molecule has 0 fully saturated rings. The van der Waals surface area contributed by atoms with Gasteiger partial charge in [-0.05, 0) is 37.6 Å². The van der Waals surface area contributed by atoms with Crippen LogP contribution in [0.15, 0.2) is 24.5 Å². The van der Waals surface area contributed by atoms with Crippen LogP contribution in [0.3, 0.4) is 0 Å². The Balaban J connectivity index is 2.26. The van der Waals surface area contributed by atoms with Gasteiger partial charge in [-0.25, -0.2) is 0 Å². The molecule has 0 bridgehead atoms. The summed E-state index contributed by atoms with van der Waals surface area (Å²) in [7, 11) is 0. The van der Waals surface area contributed by atoms with E-state index in [0.29, 0.717) is 6.54 Å². The predicted octanol–water partition coefficient (Wildman–Crippen LogP) is 0.687. The molecule has 0 aliphatic rings. The van der Waals surface area contributed by atoms with Crippen molar-refractivity contribution in [3.05, 3.63) is 30.1 Å². The molecule has 0 saturated carbocycles. The summed E-state index contributed by atoms with van der Waals surface area (Å²) in [6.45, 7) is 2.30. The van der Waals surface area contributed by atoms with E-state index in [1.807, 2.05) is 12.1 Å². The smallest absolute Gasteiger partial charge is 0.320 e. The molecular formula is C10H14N2O2. The Morgan fingerprint density at radius 2 is 2.21 bits per heavy atom. The van der Waals surface area contributed by atoms with Crippen molar-refractivity contribution in [2.45, 2.75) is 19.4 Å². The molecule has 76 valence electrons. The first-order valence-corrected chi connectivity index (χ1v) is 4.55. The quantitative estimate of drug-likeness (QED) is 0.723. The molecule has 1 rings (SSSR count). The van der Waals surface area contributed by atoms with E-state index in [9.17, 15) is 4.79 Å². The highest BCUT2D eigenvalue weighted by molar-refractivity contribution is 5.72. The van der Waals surface area contributed by atoms with Crippen LogP contribution in [0.1, 0.15) is 12.5 Å². The van der Waals surface area contributed by atoms with E-state index >= 15 is 0 Å². The van der Waals surface area contributed by atoms with E-state index in [1.54, 1.807) is 19.3 Å². The third kappa shape index (κ3) is 3.53. The Hall–Kier alpha value is -1.42. The summed E-state index contributed by atoms with van der Waals surface area (Å²) in [4.78, 5) is 14.4. The fourth-order valence-corrected chi connectivity index (χ4v) is 1.07. The van der Waals surface area contributed by atoms with E-state index < -0.39 is 12.0 Å². The van der Waals surface area contributed by atoms with Crippen LogP contribution in [0.25, 0.3) is 0 Å². The first-order valence-electron chi connectivity index (χ1n) is 4.55. The van der Waals surface area contributed by atoms with Gasteiger partial charge in [-0.1, -0.05) is 0 Å². The lowest BCUT2D eigenvalue weighted by molar-refractivity contribution is -0.138. The van der Waals surface area contributed by atoms with Crippen molar-refractivity contribution >= 4 is 5.97 Å². The molecular weight excluding hydrogens is 180 g/mol. The monoisotopic (exact) mass is 194 g/mol. The molecule has 0 spiro atoms. The molecule has 1 aromatic rings. The Morgan fingerprint density at radius 1 is 1.57 bits per heavy atom. The SMILES string of the molecule is C[C@H](NCCc1ccncc1)C(=O)O. The van der Waals surface area contributed by atoms with Gasteiger partial charge in [-0.15, -0.1) is 0 Å². The van der Waals surface area contributed by atoms with Gasteiger partial charge < -0.3 is 10.4 Å². The van der Waals surface area contributed by atoms with Crippen molar-refractivity contribution < 1.29 is 9.90 Å². The van der Waals surface area contributed by atoms with Crippen LogP contribution in [0.4, 0.5) is 0 Å². The van der Waals surface area contributed by atoms with Crippen molar-refractivity contribution in [1.29, 1.82) is 0 Å². The highest BCUT2D eigenvalue weighted by Crippen LogP contribution is 1.96. The zero-order valence-corrected chi connectivity index (χ0v) is 8.10. The molecule has 0 aliphatic carbocycles. The van der Waals surface area contributed by atoms with Crippen LogP contribution in [0.2, 0.25) is 0 Å². The molecule has 0 aliphatic heterocycles. The minimum atomic E-state index is -0.820. The number of carbonyl (C=O) groups is 1. The average Bonchev–Trinajstić information content (AvgIpc) is 2.19. The van der Waals surface area contributed by atoms with Crippen LogP contribution in [-0.2, 0) is 11.2 Å². The Kier molecular flexibility index (Phi) is 4.07. The highest BCUT2D eigenvalue weighted by atomic mass is 16.4. The second-order valence-corrected chi connectivity index (χ2v) is 3.12. The summed E-state index contributed by atoms with van der Waals surface area (Å²) in [5.41, 5.74) is 1.16. The number of nitrogens with zero attached hydrogens (tertiary/aromatic N) is 1. The Bertz CT molecular complexity index is 287. The zero-order chi connectivity index (χ0) is 10.4. The third-order valence-corrected chi connectivity index (χ3v) is 1.98. The number of hydrogen-bond donors (Lipinski definition) is 2. The zero-order valence-electron chi connectivity index (χ0n) is 8.10. The second-order valence-electron chi connectivity index (χ2n) is 3.12. The molecule has 0 radical (unpaired) electrons. The molecule has 1 atom stereocenters. The summed E-state index contributed by atoms with van der Waals surface area (Å²) in [6, 6.07) is 3.36. The highest BCUT2D eigenvalue weighted by Gasteiger charge is 2.08. The van der Waals surface area contributed by atoms with E-state index in [-0.39, 0.29) is 0 Å². The second kappa shape index (κ2) is 5.34. The van der Waals surface area contributed by atoms with Crippen molar-refractivity contribution in [3.8, 4) is 0 Å². The van der Waals surface area contributed by atoms with Gasteiger partial charge in [0, 0.05) is 12.4 Å². The first-order chi connectivity index (χ1) is 6.70. The number of hydrogen-bond acceptors (Lipinski definition) is 3. The lowest BCUT2D eigenvalue weighted by atomic mass is 10.2. The van der Waals surface area contributed by atoms with Gasteiger partial charge in [0.2, 0.25) is 0 Å². The molecule has 0 aromatic carbocycles. The number of rotatable bonds is 5. The molecule has 1 heterocycles. The van der Waals surface area contributed by atoms with E-state index in [0.717, 1.165) is 12.0 Å². The van der Waals surface area contributed by atoms with Gasteiger partial charge in [-0.2, -0.15) is 0 Å². The van der Waals surface area contributed by atoms with Gasteiger partial charge in [-0.3, -0.25) is 9.78 Å². The molecule has 4 heteroatoms. The maximum absolute atomic E-state index is 10.5. The van der Waals surface area contributed by atoms with Crippen LogP contribution >= 0.6 is 0 Å². The van der Waals surface area contributed by atoms with Gasteiger partial charge in [0.25, 0.3) is 0 Å². The van der Waals surface area contributed by atoms with Gasteiger partial charge in [0.15, 0.2) is 0 Å². The van der Waals surface area contributed by atoms with Crippen molar-refractivity contribution in [1.82, 2.24) is 10.3 Å². The molecule has 0 amide bonds. The Morgan fingerprint density at radius 3 is 2.79 bits per heavy atom. The van der Waals surface area contributed by atoms with Crippen LogP contribution < -0.4 is 5.32 Å². The molecule has 0 saturated heterocycles. The average molecular weight is 194 g/mol. The summed E-state index contributed by atoms with van der Waals surface area (Å²) in [6.07, 6.45) is 4.28. The number of aliphatic carboxylic acids is 1. The largest absolute Gasteiger partial charge is 0.480 e. The molecule has 14 heavy (non-hydrogen) atoms. The number of aromatic nitrogens is 1. The maximum atomic E-state index is 10.5. The normalized spacial score (nSPS) is 12.4. The third-order valence-electron chi connectivity index (χ3n) is 1.98. The number of nitrogens with one attached hydrogen (secondary N) is 1. The van der Waals surface area contributed by atoms with Crippen LogP contribution in [0.5, 0.6) is 0 Å².